The molecule has 0 aliphatic rings. The van der Waals surface area contributed by atoms with Gasteiger partial charge in [0.2, 0.25) is 0 Å². The van der Waals surface area contributed by atoms with Crippen LogP contribution in [0.2, 0.25) is 0 Å². The van der Waals surface area contributed by atoms with E-state index >= 15 is 0 Å². The fourth-order valence-electron chi connectivity index (χ4n) is 0.743. The van der Waals surface area contributed by atoms with Crippen LogP contribution in [0.25, 0.3) is 0 Å². The molecule has 0 aliphatic heterocycles. The average molecular weight is 140 g/mol. The van der Waals surface area contributed by atoms with E-state index in [2.05, 4.69) is 0 Å². The lowest BCUT2D eigenvalue weighted by Crippen LogP contribution is -1.70. The summed E-state index contributed by atoms with van der Waals surface area (Å²) >= 11 is 0. The molecule has 0 aromatic heterocycles. The van der Waals surface area contributed by atoms with Crippen LogP contribution in [0.3, 0.4) is 0 Å². The molecule has 0 spiro atoms. The van der Waals surface area contributed by atoms with Gasteiger partial charge in [0.05, 0.1) is 0 Å². The molecule has 1 rings (SSSR count). The maximum Gasteiger partial charge on any atom is 0.119 e. The van der Waals surface area contributed by atoms with Crippen molar-refractivity contribution in [1.29, 1.82) is 0 Å². The predicted molar refractivity (Wildman–Crippen MR) is 41.2 cm³/mol. The van der Waals surface area contributed by atoms with Crippen LogP contribution in [-0.2, 0) is 0 Å². The fourth-order valence-corrected chi connectivity index (χ4v) is 0.743. The van der Waals surface area contributed by atoms with Gasteiger partial charge >= 0.3 is 0 Å². The van der Waals surface area contributed by atoms with E-state index in [0.29, 0.717) is 0 Å². The molecule has 56 valence electrons. The number of phenols is 2. The summed E-state index contributed by atoms with van der Waals surface area (Å²) in [6.07, 6.45) is 0. The minimum atomic E-state index is 0. The van der Waals surface area contributed by atoms with Gasteiger partial charge < -0.3 is 10.2 Å². The number of aryl methyl sites for hydroxylation is 1. The Kier molecular flexibility index (Phi) is 2.74. The molecular formula is C8H12O2. The first-order chi connectivity index (χ1) is 4.18. The summed E-state index contributed by atoms with van der Waals surface area (Å²) in [7, 11) is 0. The highest BCUT2D eigenvalue weighted by molar-refractivity contribution is 5.35. The van der Waals surface area contributed by atoms with Gasteiger partial charge in [0, 0.05) is 6.07 Å². The van der Waals surface area contributed by atoms with Crippen molar-refractivity contribution >= 4 is 0 Å². The van der Waals surface area contributed by atoms with E-state index in [1.807, 2.05) is 0 Å². The first-order valence-electron chi connectivity index (χ1n) is 2.68. The zero-order valence-electron chi connectivity index (χ0n) is 5.13. The van der Waals surface area contributed by atoms with Gasteiger partial charge in [-0.3, -0.25) is 0 Å². The second-order valence-corrected chi connectivity index (χ2v) is 2.03. The Morgan fingerprint density at radius 2 is 1.40 bits per heavy atom. The van der Waals surface area contributed by atoms with Crippen LogP contribution >= 0.6 is 0 Å². The Morgan fingerprint density at radius 1 is 1.00 bits per heavy atom. The maximum atomic E-state index is 8.83. The lowest BCUT2D eigenvalue weighted by atomic mass is 10.2. The van der Waals surface area contributed by atoms with Crippen molar-refractivity contribution in [1.82, 2.24) is 0 Å². The monoisotopic (exact) mass is 140 g/mol. The van der Waals surface area contributed by atoms with Crippen LogP contribution in [0.1, 0.15) is 13.0 Å². The molecule has 0 bridgehead atoms. The van der Waals surface area contributed by atoms with Crippen molar-refractivity contribution in [2.75, 3.05) is 0 Å². The van der Waals surface area contributed by atoms with Crippen molar-refractivity contribution in [2.24, 2.45) is 0 Å². The van der Waals surface area contributed by atoms with Crippen molar-refractivity contribution in [3.63, 3.8) is 0 Å². The van der Waals surface area contributed by atoms with E-state index in [-0.39, 0.29) is 18.9 Å². The van der Waals surface area contributed by atoms with Crippen molar-refractivity contribution in [2.45, 2.75) is 14.4 Å². The topological polar surface area (TPSA) is 40.5 Å². The van der Waals surface area contributed by atoms with Crippen molar-refractivity contribution in [3.8, 4) is 11.5 Å². The molecule has 0 radical (unpaired) electrons. The van der Waals surface area contributed by atoms with Gasteiger partial charge in [-0.2, -0.15) is 0 Å². The lowest BCUT2D eigenvalue weighted by molar-refractivity contribution is 0.450. The summed E-state index contributed by atoms with van der Waals surface area (Å²) in [4.78, 5) is 0. The molecule has 0 aliphatic carbocycles. The highest BCUT2D eigenvalue weighted by Crippen LogP contribution is 2.18. The Labute approximate surface area is 60.8 Å². The molecule has 0 saturated heterocycles. The Morgan fingerprint density at radius 3 is 1.70 bits per heavy atom. The third kappa shape index (κ3) is 1.97. The van der Waals surface area contributed by atoms with Crippen molar-refractivity contribution < 1.29 is 10.2 Å². The minimum absolute atomic E-state index is 0. The Hall–Kier alpha value is -1.18. The van der Waals surface area contributed by atoms with Crippen LogP contribution < -0.4 is 0 Å². The second-order valence-electron chi connectivity index (χ2n) is 2.03. The molecule has 0 saturated carbocycles. The summed E-state index contributed by atoms with van der Waals surface area (Å²) in [6, 6.07) is 4.46. The van der Waals surface area contributed by atoms with Crippen molar-refractivity contribution in [3.05, 3.63) is 23.8 Å². The van der Waals surface area contributed by atoms with Gasteiger partial charge in [0.1, 0.15) is 11.5 Å². The second kappa shape index (κ2) is 3.11. The molecule has 2 nitrogen and oxygen atoms in total. The molecule has 10 heavy (non-hydrogen) atoms. The summed E-state index contributed by atoms with van der Waals surface area (Å²) in [5.41, 5.74) is 0.854. The molecule has 2 heteroatoms. The summed E-state index contributed by atoms with van der Waals surface area (Å²) in [5, 5.41) is 17.7. The molecule has 0 fully saturated rings. The number of phenolic OH excluding ortho intramolecular Hbond substituents is 2. The van der Waals surface area contributed by atoms with Gasteiger partial charge in [-0.1, -0.05) is 7.43 Å². The molecule has 1 aromatic rings. The Balaban J connectivity index is 0.000000810. The summed E-state index contributed by atoms with van der Waals surface area (Å²) < 4.78 is 0. The number of rotatable bonds is 0. The molecular weight excluding hydrogens is 128 g/mol. The van der Waals surface area contributed by atoms with E-state index in [4.69, 9.17) is 10.2 Å². The first-order valence-corrected chi connectivity index (χ1v) is 2.68. The molecule has 1 aromatic carbocycles. The highest BCUT2D eigenvalue weighted by atomic mass is 16.3. The number of benzene rings is 1. The van der Waals surface area contributed by atoms with Crippen LogP contribution in [0.15, 0.2) is 18.2 Å². The quantitative estimate of drug-likeness (QED) is 0.579. The summed E-state index contributed by atoms with van der Waals surface area (Å²) in [6.45, 7) is 1.80. The van der Waals surface area contributed by atoms with E-state index in [1.165, 1.54) is 6.07 Å². The van der Waals surface area contributed by atoms with Gasteiger partial charge in [-0.05, 0) is 24.6 Å². The fraction of sp³-hybridized carbons (Fsp3) is 0.250. The zero-order chi connectivity index (χ0) is 6.85. The molecule has 0 unspecified atom stereocenters. The van der Waals surface area contributed by atoms with Crippen LogP contribution in [0.4, 0.5) is 0 Å². The zero-order valence-corrected chi connectivity index (χ0v) is 5.13. The first kappa shape index (κ1) is 8.82. The smallest absolute Gasteiger partial charge is 0.119 e. The molecule has 0 heterocycles. The predicted octanol–water partition coefficient (Wildman–Crippen LogP) is 2.04. The molecule has 0 amide bonds. The number of aromatic hydroxyl groups is 2. The maximum absolute atomic E-state index is 8.83. The van der Waals surface area contributed by atoms with Crippen LogP contribution in [-0.4, -0.2) is 10.2 Å². The van der Waals surface area contributed by atoms with Gasteiger partial charge in [0.15, 0.2) is 0 Å². The minimum Gasteiger partial charge on any atom is -0.508 e. The van der Waals surface area contributed by atoms with E-state index in [0.717, 1.165) is 5.56 Å². The number of hydrogen-bond donors (Lipinski definition) is 2. The van der Waals surface area contributed by atoms with Gasteiger partial charge in [-0.15, -0.1) is 0 Å². The average Bonchev–Trinajstić information content (AvgIpc) is 1.59. The standard InChI is InChI=1S/C7H8O2.CH4/c1-5-2-6(8)4-7(9)3-5;/h2-4,8-9H,1H3;1H4. The SMILES string of the molecule is C.Cc1cc(O)cc(O)c1. The molecule has 2 N–H and O–H groups in total. The highest BCUT2D eigenvalue weighted by Gasteiger charge is 1.91. The van der Waals surface area contributed by atoms with Gasteiger partial charge in [-0.25, -0.2) is 0 Å². The normalized spacial score (nSPS) is 8.50. The van der Waals surface area contributed by atoms with E-state index in [9.17, 15) is 0 Å². The third-order valence-corrected chi connectivity index (χ3v) is 1.05. The summed E-state index contributed by atoms with van der Waals surface area (Å²) in [5.74, 6) is 0.208. The number of hydrogen-bond acceptors (Lipinski definition) is 2. The largest absolute Gasteiger partial charge is 0.508 e. The lowest BCUT2D eigenvalue weighted by Gasteiger charge is -1.94. The van der Waals surface area contributed by atoms with Crippen LogP contribution in [0.5, 0.6) is 11.5 Å². The van der Waals surface area contributed by atoms with Gasteiger partial charge in [0.25, 0.3) is 0 Å². The van der Waals surface area contributed by atoms with E-state index < -0.39 is 0 Å². The third-order valence-electron chi connectivity index (χ3n) is 1.05. The Bertz CT molecular complexity index is 168. The van der Waals surface area contributed by atoms with Crippen LogP contribution in [0, 0.1) is 6.92 Å². The van der Waals surface area contributed by atoms with E-state index in [1.54, 1.807) is 19.1 Å². The molecule has 0 atom stereocenters.